The number of ether oxygens (including phenoxy) is 2. The van der Waals surface area contributed by atoms with Gasteiger partial charge in [0, 0.05) is 22.8 Å². The summed E-state index contributed by atoms with van der Waals surface area (Å²) in [6.07, 6.45) is 0. The summed E-state index contributed by atoms with van der Waals surface area (Å²) in [6, 6.07) is 13.2. The number of carbonyl (C=O) groups is 1. The topological polar surface area (TPSA) is 50.8 Å². The number of fused-ring (bicyclic) bond motifs is 1. The number of rotatable bonds is 5. The summed E-state index contributed by atoms with van der Waals surface area (Å²) >= 11 is 3.43. The summed E-state index contributed by atoms with van der Waals surface area (Å²) in [4.78, 5) is 14.5. The molecule has 6 heteroatoms. The molecule has 0 spiro atoms. The second-order valence-electron chi connectivity index (χ2n) is 5.77. The van der Waals surface area contributed by atoms with Gasteiger partial charge in [-0.2, -0.15) is 0 Å². The van der Waals surface area contributed by atoms with Gasteiger partial charge in [0.05, 0.1) is 6.04 Å². The van der Waals surface area contributed by atoms with Gasteiger partial charge in [0.15, 0.2) is 11.5 Å². The Kier molecular flexibility index (Phi) is 5.06. The second kappa shape index (κ2) is 7.23. The molecule has 1 atom stereocenters. The van der Waals surface area contributed by atoms with Gasteiger partial charge in [-0.15, -0.1) is 0 Å². The molecule has 24 heavy (non-hydrogen) atoms. The minimum atomic E-state index is -0.265. The Hall–Kier alpha value is -2.05. The van der Waals surface area contributed by atoms with Crippen LogP contribution in [-0.4, -0.2) is 30.7 Å². The SMILES string of the molecule is CC(C(=O)Nc1ccc2c(c1)OCO2)N(C)Cc1ccc(Br)cc1. The maximum absolute atomic E-state index is 12.5. The molecule has 1 aliphatic rings. The standard InChI is InChI=1S/C18H19BrN2O3/c1-12(21(2)10-13-3-5-14(19)6-4-13)18(22)20-15-7-8-16-17(9-15)24-11-23-16/h3-9,12H,10-11H2,1-2H3,(H,20,22). The largest absolute Gasteiger partial charge is 0.454 e. The zero-order chi connectivity index (χ0) is 17.1. The van der Waals surface area contributed by atoms with E-state index in [1.807, 2.05) is 49.2 Å². The number of hydrogen-bond donors (Lipinski definition) is 1. The highest BCUT2D eigenvalue weighted by atomic mass is 79.9. The quantitative estimate of drug-likeness (QED) is 0.846. The van der Waals surface area contributed by atoms with Crippen molar-refractivity contribution in [3.63, 3.8) is 0 Å². The third-order valence-corrected chi connectivity index (χ3v) is 4.55. The third kappa shape index (κ3) is 3.88. The van der Waals surface area contributed by atoms with Crippen molar-refractivity contribution < 1.29 is 14.3 Å². The Morgan fingerprint density at radius 3 is 2.67 bits per heavy atom. The molecular weight excluding hydrogens is 372 g/mol. The van der Waals surface area contributed by atoms with E-state index < -0.39 is 0 Å². The molecule has 1 aliphatic heterocycles. The minimum Gasteiger partial charge on any atom is -0.454 e. The highest BCUT2D eigenvalue weighted by molar-refractivity contribution is 9.10. The summed E-state index contributed by atoms with van der Waals surface area (Å²) in [7, 11) is 1.94. The zero-order valence-electron chi connectivity index (χ0n) is 13.6. The fraction of sp³-hybridized carbons (Fsp3) is 0.278. The van der Waals surface area contributed by atoms with E-state index in [4.69, 9.17) is 9.47 Å². The van der Waals surface area contributed by atoms with Crippen molar-refractivity contribution in [2.45, 2.75) is 19.5 Å². The zero-order valence-corrected chi connectivity index (χ0v) is 15.2. The van der Waals surface area contributed by atoms with E-state index in [9.17, 15) is 4.79 Å². The summed E-state index contributed by atoms with van der Waals surface area (Å²) in [5.74, 6) is 1.30. The lowest BCUT2D eigenvalue weighted by atomic mass is 10.2. The highest BCUT2D eigenvalue weighted by Crippen LogP contribution is 2.34. The van der Waals surface area contributed by atoms with E-state index in [-0.39, 0.29) is 18.7 Å². The molecule has 1 amide bonds. The van der Waals surface area contributed by atoms with Crippen LogP contribution in [0, 0.1) is 0 Å². The van der Waals surface area contributed by atoms with Crippen molar-refractivity contribution in [1.82, 2.24) is 4.90 Å². The van der Waals surface area contributed by atoms with Crippen molar-refractivity contribution >= 4 is 27.5 Å². The Bertz CT molecular complexity index is 734. The lowest BCUT2D eigenvalue weighted by Crippen LogP contribution is -2.39. The first-order valence-electron chi connectivity index (χ1n) is 7.68. The molecule has 0 saturated carbocycles. The van der Waals surface area contributed by atoms with E-state index in [1.165, 1.54) is 0 Å². The Morgan fingerprint density at radius 1 is 1.21 bits per heavy atom. The van der Waals surface area contributed by atoms with Gasteiger partial charge in [0.25, 0.3) is 0 Å². The number of carbonyl (C=O) groups excluding carboxylic acids is 1. The van der Waals surface area contributed by atoms with Crippen LogP contribution < -0.4 is 14.8 Å². The van der Waals surface area contributed by atoms with Crippen LogP contribution in [-0.2, 0) is 11.3 Å². The van der Waals surface area contributed by atoms with Crippen LogP contribution in [0.3, 0.4) is 0 Å². The van der Waals surface area contributed by atoms with Crippen LogP contribution in [0.4, 0.5) is 5.69 Å². The van der Waals surface area contributed by atoms with E-state index in [0.29, 0.717) is 23.7 Å². The van der Waals surface area contributed by atoms with Gasteiger partial charge < -0.3 is 14.8 Å². The maximum atomic E-state index is 12.5. The molecule has 1 unspecified atom stereocenters. The van der Waals surface area contributed by atoms with Crippen molar-refractivity contribution in [3.05, 3.63) is 52.5 Å². The summed E-state index contributed by atoms with van der Waals surface area (Å²) in [5.41, 5.74) is 1.86. The van der Waals surface area contributed by atoms with E-state index >= 15 is 0 Å². The van der Waals surface area contributed by atoms with Crippen molar-refractivity contribution in [2.75, 3.05) is 19.2 Å². The molecule has 0 saturated heterocycles. The molecule has 0 aromatic heterocycles. The molecule has 3 rings (SSSR count). The number of benzene rings is 2. The number of likely N-dealkylation sites (N-methyl/N-ethyl adjacent to an activating group) is 1. The fourth-order valence-corrected chi connectivity index (χ4v) is 2.70. The normalized spacial score (nSPS) is 13.8. The smallest absolute Gasteiger partial charge is 0.241 e. The van der Waals surface area contributed by atoms with Gasteiger partial charge >= 0.3 is 0 Å². The van der Waals surface area contributed by atoms with Crippen LogP contribution in [0.15, 0.2) is 46.9 Å². The minimum absolute atomic E-state index is 0.0616. The molecule has 0 bridgehead atoms. The van der Waals surface area contributed by atoms with Crippen LogP contribution in [0.25, 0.3) is 0 Å². The molecule has 0 aliphatic carbocycles. The second-order valence-corrected chi connectivity index (χ2v) is 6.69. The van der Waals surface area contributed by atoms with Gasteiger partial charge in [-0.1, -0.05) is 28.1 Å². The third-order valence-electron chi connectivity index (χ3n) is 4.03. The Morgan fingerprint density at radius 2 is 1.92 bits per heavy atom. The van der Waals surface area contributed by atoms with Gasteiger partial charge in [-0.05, 0) is 43.8 Å². The molecular formula is C18H19BrN2O3. The molecule has 1 N–H and O–H groups in total. The van der Waals surface area contributed by atoms with Crippen LogP contribution in [0.2, 0.25) is 0 Å². The maximum Gasteiger partial charge on any atom is 0.241 e. The van der Waals surface area contributed by atoms with E-state index in [2.05, 4.69) is 21.2 Å². The fourth-order valence-electron chi connectivity index (χ4n) is 2.44. The Balaban J connectivity index is 1.60. The van der Waals surface area contributed by atoms with Gasteiger partial charge in [-0.3, -0.25) is 9.69 Å². The van der Waals surface area contributed by atoms with E-state index in [1.54, 1.807) is 12.1 Å². The molecule has 2 aromatic carbocycles. The average molecular weight is 391 g/mol. The summed E-state index contributed by atoms with van der Waals surface area (Å²) < 4.78 is 11.6. The van der Waals surface area contributed by atoms with Crippen molar-refractivity contribution in [2.24, 2.45) is 0 Å². The van der Waals surface area contributed by atoms with Gasteiger partial charge in [-0.25, -0.2) is 0 Å². The van der Waals surface area contributed by atoms with Crippen LogP contribution in [0.5, 0.6) is 11.5 Å². The number of anilines is 1. The van der Waals surface area contributed by atoms with E-state index in [0.717, 1.165) is 10.0 Å². The van der Waals surface area contributed by atoms with Crippen molar-refractivity contribution in [3.8, 4) is 11.5 Å². The monoisotopic (exact) mass is 390 g/mol. The average Bonchev–Trinajstić information content (AvgIpc) is 3.03. The molecule has 1 heterocycles. The molecule has 0 fully saturated rings. The first-order chi connectivity index (χ1) is 11.5. The van der Waals surface area contributed by atoms with Gasteiger partial charge in [0.2, 0.25) is 12.7 Å². The first kappa shape index (κ1) is 16.8. The number of nitrogens with zero attached hydrogens (tertiary/aromatic N) is 1. The molecule has 0 radical (unpaired) electrons. The number of nitrogens with one attached hydrogen (secondary N) is 1. The lowest BCUT2D eigenvalue weighted by molar-refractivity contribution is -0.120. The summed E-state index contributed by atoms with van der Waals surface area (Å²) in [6.45, 7) is 2.81. The first-order valence-corrected chi connectivity index (χ1v) is 8.47. The predicted molar refractivity (Wildman–Crippen MR) is 96.3 cm³/mol. The van der Waals surface area contributed by atoms with Crippen LogP contribution >= 0.6 is 15.9 Å². The molecule has 5 nitrogen and oxygen atoms in total. The number of amides is 1. The van der Waals surface area contributed by atoms with Gasteiger partial charge in [0.1, 0.15) is 0 Å². The highest BCUT2D eigenvalue weighted by Gasteiger charge is 2.20. The number of halogens is 1. The molecule has 2 aromatic rings. The lowest BCUT2D eigenvalue weighted by Gasteiger charge is -2.24. The number of hydrogen-bond acceptors (Lipinski definition) is 4. The summed E-state index contributed by atoms with van der Waals surface area (Å²) in [5, 5.41) is 2.92. The molecule has 126 valence electrons. The van der Waals surface area contributed by atoms with Crippen LogP contribution in [0.1, 0.15) is 12.5 Å². The Labute approximate surface area is 149 Å². The van der Waals surface area contributed by atoms with Crippen molar-refractivity contribution in [1.29, 1.82) is 0 Å². The predicted octanol–water partition coefficient (Wildman–Crippen LogP) is 3.64.